The maximum Gasteiger partial charge on any atom is 0.305 e. The number of hydrogen-bond acceptors (Lipinski definition) is 8. The molecule has 0 aliphatic carbocycles. The number of primary amides is 1. The van der Waals surface area contributed by atoms with E-state index in [0.29, 0.717) is 0 Å². The second-order valence-electron chi connectivity index (χ2n) is 5.76. The molecule has 1 aliphatic heterocycles. The molecule has 0 saturated carbocycles. The molecule has 0 aromatic heterocycles. The normalized spacial score (nSPS) is 28.2. The van der Waals surface area contributed by atoms with Gasteiger partial charge >= 0.3 is 11.9 Å². The third-order valence-corrected chi connectivity index (χ3v) is 3.67. The molecule has 5 atom stereocenters. The highest BCUT2D eigenvalue weighted by Gasteiger charge is 2.51. The topological polar surface area (TPSA) is 134 Å². The van der Waals surface area contributed by atoms with E-state index in [0.717, 1.165) is 19.4 Å². The average molecular weight is 367 g/mol. The van der Waals surface area contributed by atoms with Gasteiger partial charge in [-0.15, -0.1) is 0 Å². The first kappa shape index (κ1) is 19.8. The van der Waals surface area contributed by atoms with Crippen LogP contribution in [0, 0.1) is 0 Å². The third kappa shape index (κ3) is 5.01. The molecule has 0 spiro atoms. The molecule has 1 heterocycles. The van der Waals surface area contributed by atoms with Gasteiger partial charge in [0.25, 0.3) is 0 Å². The summed E-state index contributed by atoms with van der Waals surface area (Å²) < 4.78 is 21.0. The van der Waals surface area contributed by atoms with Crippen LogP contribution in [0.5, 0.6) is 0 Å². The molecule has 26 heavy (non-hydrogen) atoms. The summed E-state index contributed by atoms with van der Waals surface area (Å²) in [6.07, 6.45) is -6.93. The van der Waals surface area contributed by atoms with Gasteiger partial charge in [-0.3, -0.25) is 14.4 Å². The molecule has 1 fully saturated rings. The fourth-order valence-electron chi connectivity index (χ4n) is 2.59. The van der Waals surface area contributed by atoms with Crippen molar-refractivity contribution >= 4 is 17.8 Å². The van der Waals surface area contributed by atoms with Crippen LogP contribution in [-0.2, 0) is 39.9 Å². The lowest BCUT2D eigenvalue weighted by atomic mass is 9.97. The summed E-state index contributed by atoms with van der Waals surface area (Å²) in [5, 5.41) is 10.4. The molecule has 0 bridgehead atoms. The van der Waals surface area contributed by atoms with Crippen LogP contribution in [0.1, 0.15) is 19.4 Å². The minimum atomic E-state index is -1.52. The second-order valence-corrected chi connectivity index (χ2v) is 5.76. The van der Waals surface area contributed by atoms with Crippen molar-refractivity contribution in [2.24, 2.45) is 5.73 Å². The van der Waals surface area contributed by atoms with Crippen molar-refractivity contribution in [3.05, 3.63) is 35.9 Å². The summed E-state index contributed by atoms with van der Waals surface area (Å²) in [5.74, 6) is -2.40. The first-order chi connectivity index (χ1) is 12.3. The zero-order valence-corrected chi connectivity index (χ0v) is 14.4. The number of amides is 1. The van der Waals surface area contributed by atoms with E-state index in [9.17, 15) is 19.5 Å². The number of rotatable bonds is 6. The van der Waals surface area contributed by atoms with Gasteiger partial charge in [-0.25, -0.2) is 0 Å². The highest BCUT2D eigenvalue weighted by Crippen LogP contribution is 2.28. The Morgan fingerprint density at radius 2 is 1.69 bits per heavy atom. The van der Waals surface area contributed by atoms with Gasteiger partial charge in [0, 0.05) is 13.8 Å². The minimum Gasteiger partial charge on any atom is -0.453 e. The van der Waals surface area contributed by atoms with Crippen molar-refractivity contribution in [2.75, 3.05) is 0 Å². The highest BCUT2D eigenvalue weighted by atomic mass is 16.7. The molecule has 9 heteroatoms. The fourth-order valence-corrected chi connectivity index (χ4v) is 2.59. The van der Waals surface area contributed by atoms with Crippen molar-refractivity contribution in [1.82, 2.24) is 0 Å². The number of benzene rings is 1. The van der Waals surface area contributed by atoms with Gasteiger partial charge in [0.1, 0.15) is 12.2 Å². The second kappa shape index (κ2) is 8.75. The van der Waals surface area contributed by atoms with Crippen LogP contribution in [0.25, 0.3) is 0 Å². The highest BCUT2D eigenvalue weighted by molar-refractivity contribution is 5.80. The zero-order valence-electron chi connectivity index (χ0n) is 14.4. The van der Waals surface area contributed by atoms with Crippen molar-refractivity contribution in [3.63, 3.8) is 0 Å². The summed E-state index contributed by atoms with van der Waals surface area (Å²) in [7, 11) is 0. The molecule has 1 aromatic rings. The van der Waals surface area contributed by atoms with Crippen LogP contribution < -0.4 is 5.73 Å². The Balaban J connectivity index is 2.26. The van der Waals surface area contributed by atoms with E-state index in [2.05, 4.69) is 0 Å². The van der Waals surface area contributed by atoms with Crippen molar-refractivity contribution in [3.8, 4) is 0 Å². The first-order valence-corrected chi connectivity index (χ1v) is 7.92. The summed E-state index contributed by atoms with van der Waals surface area (Å²) >= 11 is 0. The molecule has 2 rings (SSSR count). The molecular formula is C17H21NO8. The number of aliphatic hydroxyl groups is 1. The number of carbonyl (C=O) groups excluding carboxylic acids is 3. The number of carbonyl (C=O) groups is 3. The van der Waals surface area contributed by atoms with Gasteiger partial charge in [-0.2, -0.15) is 0 Å². The number of ether oxygens (including phenoxy) is 4. The number of aliphatic hydroxyl groups excluding tert-OH is 1. The largest absolute Gasteiger partial charge is 0.453 e. The Labute approximate surface area is 150 Å². The lowest BCUT2D eigenvalue weighted by Crippen LogP contribution is -2.63. The monoisotopic (exact) mass is 367 g/mol. The summed E-state index contributed by atoms with van der Waals surface area (Å²) in [6.45, 7) is 2.32. The van der Waals surface area contributed by atoms with Crippen molar-refractivity contribution in [1.29, 1.82) is 0 Å². The van der Waals surface area contributed by atoms with Gasteiger partial charge in [0.2, 0.25) is 12.2 Å². The quantitative estimate of drug-likeness (QED) is 0.651. The zero-order chi connectivity index (χ0) is 19.3. The summed E-state index contributed by atoms with van der Waals surface area (Å²) in [4.78, 5) is 34.3. The van der Waals surface area contributed by atoms with Gasteiger partial charge in [0.15, 0.2) is 12.2 Å². The van der Waals surface area contributed by atoms with Crippen molar-refractivity contribution < 1.29 is 38.4 Å². The molecule has 1 aliphatic rings. The van der Waals surface area contributed by atoms with Crippen LogP contribution in [-0.4, -0.2) is 53.7 Å². The van der Waals surface area contributed by atoms with Gasteiger partial charge in [0.05, 0.1) is 6.61 Å². The fraction of sp³-hybridized carbons (Fsp3) is 0.471. The first-order valence-electron chi connectivity index (χ1n) is 7.92. The number of esters is 2. The standard InChI is InChI=1S/C17H21NO8/c1-9(19)24-15-13(23-8-11-6-4-3-5-7-11)12(21)14(16(18)22)26-17(15)25-10(2)20/h3-7,12-15,17,21H,8H2,1-2H3,(H2,18,22)/t12-,13+,14?,15?,17+/m0/s1. The van der Waals surface area contributed by atoms with E-state index in [-0.39, 0.29) is 6.61 Å². The van der Waals surface area contributed by atoms with E-state index >= 15 is 0 Å². The van der Waals surface area contributed by atoms with Gasteiger partial charge in [-0.05, 0) is 5.56 Å². The van der Waals surface area contributed by atoms with E-state index in [1.165, 1.54) is 0 Å². The molecule has 1 amide bonds. The van der Waals surface area contributed by atoms with Crippen molar-refractivity contribution in [2.45, 2.75) is 51.2 Å². The van der Waals surface area contributed by atoms with Crippen LogP contribution in [0.15, 0.2) is 30.3 Å². The predicted octanol–water partition coefficient (Wildman–Crippen LogP) is -0.362. The molecular weight excluding hydrogens is 346 g/mol. The van der Waals surface area contributed by atoms with Crippen LogP contribution >= 0.6 is 0 Å². The predicted molar refractivity (Wildman–Crippen MR) is 86.2 cm³/mol. The lowest BCUT2D eigenvalue weighted by Gasteiger charge is -2.42. The third-order valence-electron chi connectivity index (χ3n) is 3.67. The number of hydrogen-bond donors (Lipinski definition) is 2. The smallest absolute Gasteiger partial charge is 0.305 e. The van der Waals surface area contributed by atoms with Gasteiger partial charge in [-0.1, -0.05) is 30.3 Å². The molecule has 142 valence electrons. The van der Waals surface area contributed by atoms with Crippen LogP contribution in [0.4, 0.5) is 0 Å². The number of nitrogens with two attached hydrogens (primary N) is 1. The van der Waals surface area contributed by atoms with E-state index in [1.54, 1.807) is 24.3 Å². The Kier molecular flexibility index (Phi) is 6.67. The van der Waals surface area contributed by atoms with Crippen LogP contribution in [0.2, 0.25) is 0 Å². The Morgan fingerprint density at radius 3 is 2.23 bits per heavy atom. The SMILES string of the molecule is CC(=O)OC1[C@H](OC(C)=O)OC(C(N)=O)[C@@H](O)[C@H]1OCc1ccccc1. The minimum absolute atomic E-state index is 0.0542. The van der Waals surface area contributed by atoms with Gasteiger partial charge < -0.3 is 29.8 Å². The Bertz CT molecular complexity index is 649. The summed E-state index contributed by atoms with van der Waals surface area (Å²) in [6, 6.07) is 9.02. The molecule has 1 aromatic carbocycles. The summed E-state index contributed by atoms with van der Waals surface area (Å²) in [5.41, 5.74) is 6.02. The van der Waals surface area contributed by atoms with Crippen LogP contribution in [0.3, 0.4) is 0 Å². The molecule has 3 N–H and O–H groups in total. The lowest BCUT2D eigenvalue weighted by molar-refractivity contribution is -0.293. The molecule has 0 radical (unpaired) electrons. The Morgan fingerprint density at radius 1 is 1.08 bits per heavy atom. The van der Waals surface area contributed by atoms with E-state index in [4.69, 9.17) is 24.7 Å². The maximum atomic E-state index is 11.6. The molecule has 9 nitrogen and oxygen atoms in total. The molecule has 2 unspecified atom stereocenters. The van der Waals surface area contributed by atoms with E-state index < -0.39 is 48.6 Å². The Hall–Kier alpha value is -2.49. The maximum absolute atomic E-state index is 11.6. The van der Waals surface area contributed by atoms with E-state index in [1.807, 2.05) is 6.07 Å². The average Bonchev–Trinajstić information content (AvgIpc) is 2.56. The molecule has 1 saturated heterocycles.